The van der Waals surface area contributed by atoms with Crippen LogP contribution >= 0.6 is 22.6 Å². The second-order valence-electron chi connectivity index (χ2n) is 3.90. The molecule has 1 aliphatic carbocycles. The number of nitrogen functional groups attached to an aromatic ring is 1. The zero-order chi connectivity index (χ0) is 10.3. The van der Waals surface area contributed by atoms with Crippen LogP contribution in [0, 0.1) is 9.49 Å². The number of hydrogen-bond acceptors (Lipinski definition) is 3. The summed E-state index contributed by atoms with van der Waals surface area (Å²) in [6.45, 7) is 4.33. The number of aromatic nitrogens is 2. The molecule has 0 bridgehead atoms. The summed E-state index contributed by atoms with van der Waals surface area (Å²) < 4.78 is 1.02. The monoisotopic (exact) mass is 303 g/mol. The van der Waals surface area contributed by atoms with E-state index in [1.54, 1.807) is 0 Å². The van der Waals surface area contributed by atoms with E-state index < -0.39 is 0 Å². The lowest BCUT2D eigenvalue weighted by atomic mass is 10.2. The molecular formula is C10H14IN3. The Hall–Kier alpha value is -0.390. The quantitative estimate of drug-likeness (QED) is 0.853. The molecule has 0 amide bonds. The van der Waals surface area contributed by atoms with Crippen LogP contribution in [0.25, 0.3) is 0 Å². The summed E-state index contributed by atoms with van der Waals surface area (Å²) in [4.78, 5) is 8.92. The van der Waals surface area contributed by atoms with E-state index in [9.17, 15) is 0 Å². The summed E-state index contributed by atoms with van der Waals surface area (Å²) in [6.07, 6.45) is 2.14. The largest absolute Gasteiger partial charge is 0.383 e. The number of anilines is 1. The molecule has 4 heteroatoms. The Balaban J connectivity index is 2.38. The average Bonchev–Trinajstić information content (AvgIpc) is 2.87. The smallest absolute Gasteiger partial charge is 0.140 e. The van der Waals surface area contributed by atoms with Crippen LogP contribution in [0.5, 0.6) is 0 Å². The molecule has 3 nitrogen and oxygen atoms in total. The van der Waals surface area contributed by atoms with Gasteiger partial charge in [0.25, 0.3) is 0 Å². The second kappa shape index (κ2) is 3.64. The fourth-order valence-electron chi connectivity index (χ4n) is 1.61. The highest BCUT2D eigenvalue weighted by molar-refractivity contribution is 14.1. The van der Waals surface area contributed by atoms with Gasteiger partial charge in [-0.25, -0.2) is 9.97 Å². The van der Waals surface area contributed by atoms with Gasteiger partial charge in [0.05, 0.1) is 9.26 Å². The van der Waals surface area contributed by atoms with Crippen molar-refractivity contribution in [2.45, 2.75) is 32.6 Å². The van der Waals surface area contributed by atoms with Crippen molar-refractivity contribution in [2.24, 2.45) is 5.92 Å². The molecule has 1 aliphatic rings. The Morgan fingerprint density at radius 1 is 1.50 bits per heavy atom. The van der Waals surface area contributed by atoms with Gasteiger partial charge in [-0.3, -0.25) is 0 Å². The second-order valence-corrected chi connectivity index (χ2v) is 4.98. The van der Waals surface area contributed by atoms with Crippen LogP contribution in [0.15, 0.2) is 0 Å². The van der Waals surface area contributed by atoms with E-state index in [1.165, 1.54) is 6.42 Å². The highest BCUT2D eigenvalue weighted by Gasteiger charge is 2.37. The molecule has 1 heterocycles. The summed E-state index contributed by atoms with van der Waals surface area (Å²) >= 11 is 2.22. The van der Waals surface area contributed by atoms with Crippen LogP contribution in [0.1, 0.15) is 37.7 Å². The third kappa shape index (κ3) is 1.71. The van der Waals surface area contributed by atoms with Crippen molar-refractivity contribution in [3.8, 4) is 0 Å². The first-order valence-corrected chi connectivity index (χ1v) is 6.03. The molecule has 2 unspecified atom stereocenters. The number of hydrogen-bond donors (Lipinski definition) is 1. The molecule has 1 aromatic heterocycles. The van der Waals surface area contributed by atoms with Crippen LogP contribution in [-0.2, 0) is 6.42 Å². The molecular weight excluding hydrogens is 289 g/mol. The first-order chi connectivity index (χ1) is 6.63. The maximum atomic E-state index is 5.85. The number of halogens is 1. The molecule has 2 N–H and O–H groups in total. The standard InChI is InChI=1S/C10H14IN3/c1-3-7-8(11)9(12)14-10(13-7)6-4-5(6)2/h5-6H,3-4H2,1-2H3,(H2,12,13,14). The van der Waals surface area contributed by atoms with Gasteiger partial charge >= 0.3 is 0 Å². The van der Waals surface area contributed by atoms with Gasteiger partial charge in [-0.15, -0.1) is 0 Å². The third-order valence-electron chi connectivity index (χ3n) is 2.74. The minimum atomic E-state index is 0.555. The van der Waals surface area contributed by atoms with Gasteiger partial charge in [0.1, 0.15) is 11.6 Å². The number of aryl methyl sites for hydroxylation is 1. The van der Waals surface area contributed by atoms with Crippen LogP contribution in [-0.4, -0.2) is 9.97 Å². The maximum absolute atomic E-state index is 5.85. The number of rotatable bonds is 2. The molecule has 2 atom stereocenters. The molecule has 1 aromatic rings. The Kier molecular flexibility index (Phi) is 2.64. The van der Waals surface area contributed by atoms with E-state index >= 15 is 0 Å². The topological polar surface area (TPSA) is 51.8 Å². The van der Waals surface area contributed by atoms with E-state index in [4.69, 9.17) is 5.73 Å². The van der Waals surface area contributed by atoms with Gasteiger partial charge in [0.15, 0.2) is 0 Å². The van der Waals surface area contributed by atoms with E-state index in [0.29, 0.717) is 11.7 Å². The van der Waals surface area contributed by atoms with Crippen molar-refractivity contribution < 1.29 is 0 Å². The van der Waals surface area contributed by atoms with Gasteiger partial charge < -0.3 is 5.73 Å². The van der Waals surface area contributed by atoms with Crippen molar-refractivity contribution in [1.29, 1.82) is 0 Å². The predicted octanol–water partition coefficient (Wildman–Crippen LogP) is 2.35. The Morgan fingerprint density at radius 3 is 2.64 bits per heavy atom. The number of nitrogens with two attached hydrogens (primary N) is 1. The van der Waals surface area contributed by atoms with Gasteiger partial charge in [0, 0.05) is 5.92 Å². The molecule has 14 heavy (non-hydrogen) atoms. The maximum Gasteiger partial charge on any atom is 0.140 e. The van der Waals surface area contributed by atoms with Crippen molar-refractivity contribution in [1.82, 2.24) is 9.97 Å². The third-order valence-corrected chi connectivity index (χ3v) is 3.91. The first kappa shape index (κ1) is 10.1. The van der Waals surface area contributed by atoms with Crippen LogP contribution < -0.4 is 5.73 Å². The van der Waals surface area contributed by atoms with Gasteiger partial charge in [0.2, 0.25) is 0 Å². The molecule has 0 aliphatic heterocycles. The van der Waals surface area contributed by atoms with Gasteiger partial charge in [-0.2, -0.15) is 0 Å². The average molecular weight is 303 g/mol. The Labute approximate surface area is 97.7 Å². The Bertz CT molecular complexity index is 365. The number of nitrogens with zero attached hydrogens (tertiary/aromatic N) is 2. The van der Waals surface area contributed by atoms with E-state index in [-0.39, 0.29) is 0 Å². The lowest BCUT2D eigenvalue weighted by molar-refractivity contribution is 0.820. The predicted molar refractivity (Wildman–Crippen MR) is 65.1 cm³/mol. The zero-order valence-electron chi connectivity index (χ0n) is 8.42. The highest BCUT2D eigenvalue weighted by Crippen LogP contribution is 2.45. The van der Waals surface area contributed by atoms with Crippen molar-refractivity contribution in [3.63, 3.8) is 0 Å². The molecule has 1 saturated carbocycles. The van der Waals surface area contributed by atoms with E-state index in [0.717, 1.165) is 27.4 Å². The van der Waals surface area contributed by atoms with Crippen LogP contribution in [0.3, 0.4) is 0 Å². The molecule has 2 rings (SSSR count). The normalized spacial score (nSPS) is 25.1. The summed E-state index contributed by atoms with van der Waals surface area (Å²) in [5.41, 5.74) is 6.94. The molecule has 0 saturated heterocycles. The first-order valence-electron chi connectivity index (χ1n) is 4.95. The summed E-state index contributed by atoms with van der Waals surface area (Å²) in [6, 6.07) is 0. The molecule has 1 fully saturated rings. The van der Waals surface area contributed by atoms with E-state index in [2.05, 4.69) is 46.4 Å². The SMILES string of the molecule is CCc1nc(C2CC2C)nc(N)c1I. The molecule has 0 aromatic carbocycles. The molecule has 0 radical (unpaired) electrons. The molecule has 76 valence electrons. The van der Waals surface area contributed by atoms with Gasteiger partial charge in [-0.05, 0) is 41.4 Å². The van der Waals surface area contributed by atoms with Crippen LogP contribution in [0.4, 0.5) is 5.82 Å². The highest BCUT2D eigenvalue weighted by atomic mass is 127. The summed E-state index contributed by atoms with van der Waals surface area (Å²) in [5.74, 6) is 2.89. The lowest BCUT2D eigenvalue weighted by Crippen LogP contribution is -2.06. The van der Waals surface area contributed by atoms with Crippen LogP contribution in [0.2, 0.25) is 0 Å². The summed E-state index contributed by atoms with van der Waals surface area (Å²) in [5, 5.41) is 0. The minimum absolute atomic E-state index is 0.555. The van der Waals surface area contributed by atoms with Crippen molar-refractivity contribution >= 4 is 28.4 Å². The van der Waals surface area contributed by atoms with Crippen molar-refractivity contribution in [3.05, 3.63) is 15.1 Å². The zero-order valence-corrected chi connectivity index (χ0v) is 10.6. The summed E-state index contributed by atoms with van der Waals surface area (Å²) in [7, 11) is 0. The van der Waals surface area contributed by atoms with Gasteiger partial charge in [-0.1, -0.05) is 13.8 Å². The van der Waals surface area contributed by atoms with E-state index in [1.807, 2.05) is 0 Å². The van der Waals surface area contributed by atoms with Crippen molar-refractivity contribution in [2.75, 3.05) is 5.73 Å². The molecule has 0 spiro atoms. The fraction of sp³-hybridized carbons (Fsp3) is 0.600. The lowest BCUT2D eigenvalue weighted by Gasteiger charge is -2.06. The Morgan fingerprint density at radius 2 is 2.14 bits per heavy atom. The minimum Gasteiger partial charge on any atom is -0.383 e. The fourth-order valence-corrected chi connectivity index (χ4v) is 2.24.